The van der Waals surface area contributed by atoms with Gasteiger partial charge in [0.05, 0.1) is 0 Å². The van der Waals surface area contributed by atoms with Crippen molar-refractivity contribution in [3.63, 3.8) is 0 Å². The van der Waals surface area contributed by atoms with E-state index >= 15 is 0 Å². The Kier molecular flexibility index (Phi) is 5.78. The second-order valence-electron chi connectivity index (χ2n) is 5.43. The molecule has 0 aliphatic rings. The summed E-state index contributed by atoms with van der Waals surface area (Å²) in [4.78, 5) is 16.3. The highest BCUT2D eigenvalue weighted by molar-refractivity contribution is 5.81. The van der Waals surface area contributed by atoms with Gasteiger partial charge >= 0.3 is 6.18 Å². The van der Waals surface area contributed by atoms with Gasteiger partial charge in [-0.15, -0.1) is 0 Å². The van der Waals surface area contributed by atoms with Crippen molar-refractivity contribution in [2.24, 2.45) is 7.05 Å². The molecule has 0 spiro atoms. The van der Waals surface area contributed by atoms with Gasteiger partial charge < -0.3 is 14.6 Å². The van der Waals surface area contributed by atoms with E-state index in [2.05, 4.69) is 15.0 Å². The lowest BCUT2D eigenvalue weighted by molar-refractivity contribution is -0.185. The molecular weight excluding hydrogens is 342 g/mol. The van der Waals surface area contributed by atoms with Crippen molar-refractivity contribution in [2.45, 2.75) is 25.2 Å². The normalized spacial score (nSPS) is 14.2. The number of ether oxygens (including phenoxy) is 1. The molecule has 2 atom stereocenters. The van der Waals surface area contributed by atoms with E-state index in [0.717, 1.165) is 0 Å². The topological polar surface area (TPSA) is 56.1 Å². The highest BCUT2D eigenvalue weighted by Crippen LogP contribution is 2.23. The molecule has 136 valence electrons. The first-order valence-corrected chi connectivity index (χ1v) is 7.39. The van der Waals surface area contributed by atoms with Crippen molar-refractivity contribution in [1.29, 1.82) is 0 Å². The molecule has 0 aliphatic carbocycles. The number of hydrogen-bond acceptors (Lipinski definition) is 3. The van der Waals surface area contributed by atoms with Crippen LogP contribution in [0.2, 0.25) is 0 Å². The number of aromatic nitrogens is 2. The number of imidazole rings is 1. The van der Waals surface area contributed by atoms with Crippen molar-refractivity contribution >= 4 is 5.91 Å². The van der Waals surface area contributed by atoms with Crippen LogP contribution in [0.25, 0.3) is 0 Å². The predicted molar refractivity (Wildman–Crippen MR) is 81.1 cm³/mol. The van der Waals surface area contributed by atoms with E-state index in [9.17, 15) is 22.4 Å². The number of hydrogen-bond donors (Lipinski definition) is 1. The average molecular weight is 359 g/mol. The van der Waals surface area contributed by atoms with E-state index in [0.29, 0.717) is 5.82 Å². The van der Waals surface area contributed by atoms with Crippen LogP contribution >= 0.6 is 0 Å². The summed E-state index contributed by atoms with van der Waals surface area (Å²) in [5.41, 5.74) is 0.146. The van der Waals surface area contributed by atoms with Crippen LogP contribution in [-0.2, 0) is 16.6 Å². The molecule has 2 unspecified atom stereocenters. The molecule has 5 nitrogen and oxygen atoms in total. The predicted octanol–water partition coefficient (Wildman–Crippen LogP) is 2.73. The van der Waals surface area contributed by atoms with Crippen LogP contribution in [0.5, 0.6) is 0 Å². The fourth-order valence-corrected chi connectivity index (χ4v) is 2.20. The maximum atomic E-state index is 14.2. The molecule has 0 bridgehead atoms. The van der Waals surface area contributed by atoms with Crippen molar-refractivity contribution in [2.75, 3.05) is 6.61 Å². The summed E-state index contributed by atoms with van der Waals surface area (Å²) in [5.74, 6) is -1.04. The molecule has 0 radical (unpaired) electrons. The Hall–Kier alpha value is -2.42. The summed E-state index contributed by atoms with van der Waals surface area (Å²) in [7, 11) is 1.66. The number of amides is 1. The summed E-state index contributed by atoms with van der Waals surface area (Å²) in [6.07, 6.45) is -2.83. The molecule has 1 aromatic carbocycles. The minimum atomic E-state index is -4.54. The number of benzene rings is 1. The lowest BCUT2D eigenvalue weighted by Gasteiger charge is -2.22. The van der Waals surface area contributed by atoms with Crippen LogP contribution in [0.4, 0.5) is 17.6 Å². The zero-order chi connectivity index (χ0) is 18.6. The molecule has 1 amide bonds. The lowest BCUT2D eigenvalue weighted by atomic mass is 10.0. The minimum Gasteiger partial charge on any atom is -0.359 e. The van der Waals surface area contributed by atoms with E-state index in [1.165, 1.54) is 31.3 Å². The monoisotopic (exact) mass is 359 g/mol. The molecule has 1 N–H and O–H groups in total. The average Bonchev–Trinajstić information content (AvgIpc) is 2.96. The van der Waals surface area contributed by atoms with Gasteiger partial charge in [0, 0.05) is 25.0 Å². The third kappa shape index (κ3) is 5.02. The third-order valence-corrected chi connectivity index (χ3v) is 3.49. The van der Waals surface area contributed by atoms with E-state index in [4.69, 9.17) is 0 Å². The first-order valence-electron chi connectivity index (χ1n) is 7.39. The number of nitrogens with one attached hydrogen (secondary N) is 1. The van der Waals surface area contributed by atoms with Crippen molar-refractivity contribution in [1.82, 2.24) is 14.9 Å². The van der Waals surface area contributed by atoms with Gasteiger partial charge in [-0.2, -0.15) is 13.2 Å². The molecule has 0 saturated heterocycles. The molecule has 0 fully saturated rings. The maximum absolute atomic E-state index is 14.2. The molecule has 1 heterocycles. The fourth-order valence-electron chi connectivity index (χ4n) is 2.20. The van der Waals surface area contributed by atoms with E-state index in [1.54, 1.807) is 23.9 Å². The van der Waals surface area contributed by atoms with Crippen LogP contribution in [-0.4, -0.2) is 34.3 Å². The maximum Gasteiger partial charge on any atom is 0.411 e. The summed E-state index contributed by atoms with van der Waals surface area (Å²) < 4.78 is 56.9. The van der Waals surface area contributed by atoms with Gasteiger partial charge in [0.15, 0.2) is 0 Å². The number of carbonyl (C=O) groups is 1. The molecule has 2 rings (SSSR count). The molecule has 2 aromatic rings. The molecule has 1 aromatic heterocycles. The number of aryl methyl sites for hydroxylation is 1. The summed E-state index contributed by atoms with van der Waals surface area (Å²) in [6.45, 7) is -0.355. The number of rotatable bonds is 6. The summed E-state index contributed by atoms with van der Waals surface area (Å²) >= 11 is 0. The number of nitrogens with zero attached hydrogens (tertiary/aromatic N) is 2. The van der Waals surface area contributed by atoms with Gasteiger partial charge in [0.25, 0.3) is 0 Å². The first-order chi connectivity index (χ1) is 11.7. The van der Waals surface area contributed by atoms with Gasteiger partial charge in [0.2, 0.25) is 5.91 Å². The zero-order valence-electron chi connectivity index (χ0n) is 13.5. The van der Waals surface area contributed by atoms with Gasteiger partial charge in [-0.05, 0) is 13.0 Å². The van der Waals surface area contributed by atoms with Crippen molar-refractivity contribution < 1.29 is 27.1 Å². The van der Waals surface area contributed by atoms with Crippen LogP contribution in [0.1, 0.15) is 24.4 Å². The fraction of sp³-hybridized carbons (Fsp3) is 0.375. The Morgan fingerprint density at radius 2 is 2.04 bits per heavy atom. The van der Waals surface area contributed by atoms with Crippen molar-refractivity contribution in [3.8, 4) is 0 Å². The molecule has 0 aliphatic heterocycles. The Balaban J connectivity index is 2.21. The second-order valence-corrected chi connectivity index (χ2v) is 5.43. The highest BCUT2D eigenvalue weighted by Gasteiger charge is 2.31. The van der Waals surface area contributed by atoms with Crippen LogP contribution in [0.3, 0.4) is 0 Å². The van der Waals surface area contributed by atoms with E-state index in [1.807, 2.05) is 0 Å². The minimum absolute atomic E-state index is 0.146. The van der Waals surface area contributed by atoms with Gasteiger partial charge in [-0.1, -0.05) is 18.2 Å². The van der Waals surface area contributed by atoms with Gasteiger partial charge in [-0.25, -0.2) is 9.37 Å². The lowest BCUT2D eigenvalue weighted by Crippen LogP contribution is -2.40. The van der Waals surface area contributed by atoms with Gasteiger partial charge in [0.1, 0.15) is 30.4 Å². The first kappa shape index (κ1) is 18.9. The number of carbonyl (C=O) groups excluding carboxylic acids is 1. The highest BCUT2D eigenvalue weighted by atomic mass is 19.4. The Morgan fingerprint density at radius 1 is 1.36 bits per heavy atom. The Labute approximate surface area is 141 Å². The Morgan fingerprint density at radius 3 is 2.60 bits per heavy atom. The largest absolute Gasteiger partial charge is 0.411 e. The van der Waals surface area contributed by atoms with E-state index in [-0.39, 0.29) is 5.56 Å². The third-order valence-electron chi connectivity index (χ3n) is 3.49. The molecule has 9 heteroatoms. The SMILES string of the molecule is CC(OCC(F)(F)F)C(=O)NC(c1ccccc1F)c1nccn1C. The summed E-state index contributed by atoms with van der Waals surface area (Å²) in [5, 5.41) is 2.50. The van der Waals surface area contributed by atoms with Gasteiger partial charge in [-0.3, -0.25) is 4.79 Å². The number of alkyl halides is 3. The molecule has 25 heavy (non-hydrogen) atoms. The Bertz CT molecular complexity index is 730. The zero-order valence-corrected chi connectivity index (χ0v) is 13.5. The second kappa shape index (κ2) is 7.64. The summed E-state index contributed by atoms with van der Waals surface area (Å²) in [6, 6.07) is 4.80. The van der Waals surface area contributed by atoms with E-state index < -0.39 is 36.7 Å². The van der Waals surface area contributed by atoms with Crippen LogP contribution in [0.15, 0.2) is 36.7 Å². The standard InChI is InChI=1S/C16H17F4N3O2/c1-10(25-9-16(18,19)20)15(24)22-13(14-21-7-8-23(14)2)11-5-3-4-6-12(11)17/h3-8,10,13H,9H2,1-2H3,(H,22,24). The number of halogens is 4. The molecule has 0 saturated carbocycles. The smallest absolute Gasteiger partial charge is 0.359 e. The molecular formula is C16H17F4N3O2. The van der Waals surface area contributed by atoms with Crippen molar-refractivity contribution in [3.05, 3.63) is 53.9 Å². The van der Waals surface area contributed by atoms with Crippen LogP contribution in [0, 0.1) is 5.82 Å². The quantitative estimate of drug-likeness (QED) is 0.807. The van der Waals surface area contributed by atoms with Crippen LogP contribution < -0.4 is 5.32 Å².